The molecule has 0 saturated carbocycles. The van der Waals surface area contributed by atoms with Gasteiger partial charge in [0, 0.05) is 26.7 Å². The van der Waals surface area contributed by atoms with E-state index in [0.717, 1.165) is 45.6 Å². The molecule has 0 aromatic carbocycles. The zero-order valence-corrected chi connectivity index (χ0v) is 11.2. The highest BCUT2D eigenvalue weighted by Crippen LogP contribution is 2.17. The van der Waals surface area contributed by atoms with Gasteiger partial charge in [-0.25, -0.2) is 0 Å². The van der Waals surface area contributed by atoms with Gasteiger partial charge >= 0.3 is 0 Å². The maximum Gasteiger partial charge on any atom is 0.233 e. The Morgan fingerprint density at radius 1 is 1.39 bits per heavy atom. The van der Waals surface area contributed by atoms with Crippen LogP contribution in [-0.2, 0) is 14.3 Å². The summed E-state index contributed by atoms with van der Waals surface area (Å²) in [6, 6.07) is 0. The van der Waals surface area contributed by atoms with E-state index in [2.05, 4.69) is 10.2 Å². The molecule has 2 rings (SSSR count). The summed E-state index contributed by atoms with van der Waals surface area (Å²) in [4.78, 5) is 13.4. The summed E-state index contributed by atoms with van der Waals surface area (Å²) in [5, 5.41) is 2.66. The largest absolute Gasteiger partial charge is 0.376 e. The minimum atomic E-state index is 0.0914. The predicted molar refractivity (Wildman–Crippen MR) is 68.5 cm³/mol. The maximum absolute atomic E-state index is 11.3. The molecule has 5 nitrogen and oxygen atoms in total. The average Bonchev–Trinajstić information content (AvgIpc) is 2.91. The number of hydrogen-bond donors (Lipinski definition) is 1. The van der Waals surface area contributed by atoms with E-state index >= 15 is 0 Å². The van der Waals surface area contributed by atoms with E-state index < -0.39 is 0 Å². The first-order valence-corrected chi connectivity index (χ1v) is 6.94. The molecule has 5 heteroatoms. The molecule has 2 aliphatic heterocycles. The van der Waals surface area contributed by atoms with Gasteiger partial charge in [0.25, 0.3) is 0 Å². The number of likely N-dealkylation sites (N-methyl/N-ethyl adjacent to an activating group) is 1. The number of amides is 1. The van der Waals surface area contributed by atoms with Crippen molar-refractivity contribution in [2.24, 2.45) is 0 Å². The maximum atomic E-state index is 11.3. The minimum Gasteiger partial charge on any atom is -0.376 e. The molecule has 2 saturated heterocycles. The summed E-state index contributed by atoms with van der Waals surface area (Å²) < 4.78 is 11.4. The lowest BCUT2D eigenvalue weighted by molar-refractivity contribution is -0.122. The topological polar surface area (TPSA) is 50.8 Å². The highest BCUT2D eigenvalue weighted by Gasteiger charge is 2.23. The number of rotatable bonds is 5. The second-order valence-corrected chi connectivity index (χ2v) is 5.12. The van der Waals surface area contributed by atoms with E-state index in [4.69, 9.17) is 9.47 Å². The molecule has 1 atom stereocenters. The molecular formula is C13H24N2O3. The molecule has 0 unspecified atom stereocenters. The first-order valence-electron chi connectivity index (χ1n) is 6.94. The molecule has 0 aliphatic carbocycles. The molecule has 18 heavy (non-hydrogen) atoms. The lowest BCUT2D eigenvalue weighted by Gasteiger charge is -2.31. The van der Waals surface area contributed by atoms with E-state index in [1.807, 2.05) is 0 Å². The highest BCUT2D eigenvalue weighted by atomic mass is 16.5. The summed E-state index contributed by atoms with van der Waals surface area (Å²) in [5.41, 5.74) is 0. The van der Waals surface area contributed by atoms with Crippen molar-refractivity contribution in [3.05, 3.63) is 0 Å². The van der Waals surface area contributed by atoms with Gasteiger partial charge in [-0.15, -0.1) is 0 Å². The third-order valence-corrected chi connectivity index (χ3v) is 3.72. The molecule has 104 valence electrons. The number of nitrogens with one attached hydrogen (secondary N) is 1. The third-order valence-electron chi connectivity index (χ3n) is 3.72. The van der Waals surface area contributed by atoms with Gasteiger partial charge in [-0.2, -0.15) is 0 Å². The van der Waals surface area contributed by atoms with E-state index in [1.165, 1.54) is 6.42 Å². The normalized spacial score (nSPS) is 26.4. The monoisotopic (exact) mass is 256 g/mol. The standard InChI is InChI=1S/C13H24N2O3/c1-14-13(16)9-15-6-4-11(5-7-15)18-10-12-3-2-8-17-12/h11-12H,2-10H2,1H3,(H,14,16)/t12-/m1/s1. The third kappa shape index (κ3) is 4.23. The van der Waals surface area contributed by atoms with Crippen LogP contribution >= 0.6 is 0 Å². The summed E-state index contributed by atoms with van der Waals surface area (Å²) in [6.45, 7) is 4.03. The van der Waals surface area contributed by atoms with Crippen LogP contribution in [0, 0.1) is 0 Å². The Labute approximate surface area is 109 Å². The van der Waals surface area contributed by atoms with Crippen LogP contribution in [-0.4, -0.2) is 62.9 Å². The predicted octanol–water partition coefficient (Wildman–Crippen LogP) is 0.392. The molecule has 0 aromatic rings. The Bertz CT molecular complexity index is 259. The highest BCUT2D eigenvalue weighted by molar-refractivity contribution is 5.77. The van der Waals surface area contributed by atoms with Gasteiger partial charge in [-0.3, -0.25) is 9.69 Å². The summed E-state index contributed by atoms with van der Waals surface area (Å²) >= 11 is 0. The van der Waals surface area contributed by atoms with Crippen LogP contribution in [0.5, 0.6) is 0 Å². The van der Waals surface area contributed by atoms with Gasteiger partial charge in [0.2, 0.25) is 5.91 Å². The molecule has 2 heterocycles. The van der Waals surface area contributed by atoms with Crippen LogP contribution in [0.2, 0.25) is 0 Å². The van der Waals surface area contributed by atoms with Gasteiger partial charge in [0.05, 0.1) is 25.4 Å². The van der Waals surface area contributed by atoms with Crippen LogP contribution in [0.3, 0.4) is 0 Å². The Kier molecular flexibility index (Phi) is 5.41. The summed E-state index contributed by atoms with van der Waals surface area (Å²) in [5.74, 6) is 0.0914. The molecule has 0 bridgehead atoms. The Morgan fingerprint density at radius 3 is 2.78 bits per heavy atom. The van der Waals surface area contributed by atoms with Gasteiger partial charge in [-0.1, -0.05) is 0 Å². The number of carbonyl (C=O) groups excluding carboxylic acids is 1. The molecule has 1 N–H and O–H groups in total. The SMILES string of the molecule is CNC(=O)CN1CCC(OC[C@H]2CCCO2)CC1. The fourth-order valence-corrected chi connectivity index (χ4v) is 2.54. The van der Waals surface area contributed by atoms with Gasteiger partial charge in [0.1, 0.15) is 0 Å². The zero-order valence-electron chi connectivity index (χ0n) is 11.2. The van der Waals surface area contributed by atoms with E-state index in [0.29, 0.717) is 18.8 Å². The fourth-order valence-electron chi connectivity index (χ4n) is 2.54. The van der Waals surface area contributed by atoms with Gasteiger partial charge in [0.15, 0.2) is 0 Å². The van der Waals surface area contributed by atoms with Crippen molar-refractivity contribution in [3.63, 3.8) is 0 Å². The van der Waals surface area contributed by atoms with Crippen LogP contribution in [0.25, 0.3) is 0 Å². The summed E-state index contributed by atoms with van der Waals surface area (Å²) in [7, 11) is 1.68. The second kappa shape index (κ2) is 7.07. The van der Waals surface area contributed by atoms with Crippen molar-refractivity contribution in [1.82, 2.24) is 10.2 Å². The average molecular weight is 256 g/mol. The number of nitrogens with zero attached hydrogens (tertiary/aromatic N) is 1. The molecule has 1 amide bonds. The van der Waals surface area contributed by atoms with Gasteiger partial charge < -0.3 is 14.8 Å². The minimum absolute atomic E-state index is 0.0914. The number of piperidine rings is 1. The molecule has 2 fully saturated rings. The number of hydrogen-bond acceptors (Lipinski definition) is 4. The van der Waals surface area contributed by atoms with Crippen molar-refractivity contribution in [3.8, 4) is 0 Å². The van der Waals surface area contributed by atoms with Crippen LogP contribution in [0.15, 0.2) is 0 Å². The molecule has 0 radical (unpaired) electrons. The first-order chi connectivity index (χ1) is 8.78. The lowest BCUT2D eigenvalue weighted by Crippen LogP contribution is -2.42. The molecule has 0 aromatic heterocycles. The smallest absolute Gasteiger partial charge is 0.233 e. The van der Waals surface area contributed by atoms with Crippen molar-refractivity contribution in [2.45, 2.75) is 37.9 Å². The zero-order chi connectivity index (χ0) is 12.8. The van der Waals surface area contributed by atoms with Gasteiger partial charge in [-0.05, 0) is 25.7 Å². The number of ether oxygens (including phenoxy) is 2. The van der Waals surface area contributed by atoms with Crippen molar-refractivity contribution in [1.29, 1.82) is 0 Å². The summed E-state index contributed by atoms with van der Waals surface area (Å²) in [6.07, 6.45) is 4.99. The molecule has 2 aliphatic rings. The second-order valence-electron chi connectivity index (χ2n) is 5.12. The molecule has 0 spiro atoms. The van der Waals surface area contributed by atoms with Crippen molar-refractivity contribution < 1.29 is 14.3 Å². The number of likely N-dealkylation sites (tertiary alicyclic amines) is 1. The van der Waals surface area contributed by atoms with Crippen molar-refractivity contribution >= 4 is 5.91 Å². The van der Waals surface area contributed by atoms with E-state index in [-0.39, 0.29) is 5.91 Å². The fraction of sp³-hybridized carbons (Fsp3) is 0.923. The van der Waals surface area contributed by atoms with Crippen molar-refractivity contribution in [2.75, 3.05) is 39.9 Å². The Balaban J connectivity index is 1.59. The molecular weight excluding hydrogens is 232 g/mol. The lowest BCUT2D eigenvalue weighted by atomic mass is 10.1. The first kappa shape index (κ1) is 13.8. The van der Waals surface area contributed by atoms with Crippen LogP contribution in [0.4, 0.5) is 0 Å². The Morgan fingerprint density at radius 2 is 2.17 bits per heavy atom. The quantitative estimate of drug-likeness (QED) is 0.773. The number of carbonyl (C=O) groups is 1. The Hall–Kier alpha value is -0.650. The van der Waals surface area contributed by atoms with E-state index in [1.54, 1.807) is 7.05 Å². The van der Waals surface area contributed by atoms with Crippen LogP contribution < -0.4 is 5.32 Å². The van der Waals surface area contributed by atoms with E-state index in [9.17, 15) is 4.79 Å². The van der Waals surface area contributed by atoms with Crippen LogP contribution in [0.1, 0.15) is 25.7 Å².